The molecule has 0 saturated carbocycles. The Morgan fingerprint density at radius 2 is 0.886 bits per heavy atom. The first-order valence-corrected chi connectivity index (χ1v) is 12.5. The maximum Gasteiger partial charge on any atom is -0.000741 e. The van der Waals surface area contributed by atoms with Gasteiger partial charge in [0, 0.05) is 0 Å². The molecule has 166 valence electrons. The second-order valence-corrected chi connectivity index (χ2v) is 9.86. The van der Waals surface area contributed by atoms with Gasteiger partial charge in [0.05, 0.1) is 0 Å². The van der Waals surface area contributed by atoms with Gasteiger partial charge in [0.25, 0.3) is 0 Å². The highest BCUT2D eigenvalue weighted by molar-refractivity contribution is 6.27. The van der Waals surface area contributed by atoms with Gasteiger partial charge in [-0.05, 0) is 77.5 Å². The van der Waals surface area contributed by atoms with Crippen molar-refractivity contribution in [1.82, 2.24) is 0 Å². The van der Waals surface area contributed by atoms with Crippen LogP contribution in [0.25, 0.3) is 66.1 Å². The highest BCUT2D eigenvalue weighted by Gasteiger charge is 2.30. The van der Waals surface area contributed by atoms with Crippen molar-refractivity contribution in [3.8, 4) is 44.5 Å². The van der Waals surface area contributed by atoms with E-state index in [1.165, 1.54) is 71.6 Å². The molecule has 0 aliphatic heterocycles. The van der Waals surface area contributed by atoms with Crippen LogP contribution in [-0.4, -0.2) is 0 Å². The van der Waals surface area contributed by atoms with Crippen molar-refractivity contribution in [2.24, 2.45) is 0 Å². The highest BCUT2D eigenvalue weighted by atomic mass is 14.3. The lowest BCUT2D eigenvalue weighted by Gasteiger charge is -2.20. The molecule has 0 heteroatoms. The Labute approximate surface area is 206 Å². The smallest absolute Gasteiger partial charge is 0.000741 e. The first-order chi connectivity index (χ1) is 17.2. The van der Waals surface area contributed by atoms with Crippen LogP contribution in [0.2, 0.25) is 0 Å². The van der Waals surface area contributed by atoms with E-state index in [9.17, 15) is 0 Å². The minimum atomic E-state index is 0.476. The predicted molar refractivity (Wildman–Crippen MR) is 151 cm³/mol. The summed E-state index contributed by atoms with van der Waals surface area (Å²) in [4.78, 5) is 0. The van der Waals surface area contributed by atoms with Crippen molar-refractivity contribution in [3.63, 3.8) is 0 Å². The van der Waals surface area contributed by atoms with Gasteiger partial charge in [0.15, 0.2) is 0 Å². The summed E-state index contributed by atoms with van der Waals surface area (Å²) in [6.45, 7) is 4.59. The molecule has 7 rings (SSSR count). The van der Waals surface area contributed by atoms with E-state index in [0.717, 1.165) is 0 Å². The van der Waals surface area contributed by atoms with Crippen LogP contribution in [0.4, 0.5) is 0 Å². The fourth-order valence-electron chi connectivity index (χ4n) is 6.14. The number of benzene rings is 6. The van der Waals surface area contributed by atoms with Crippen LogP contribution in [0.3, 0.4) is 0 Å². The lowest BCUT2D eigenvalue weighted by Crippen LogP contribution is -1.93. The SMILES string of the molecule is CC(C)c1ccc2c3c(cccc13)-c1c-2c(-c2ccccc2)c2ccccc2c1-c1ccccc1. The van der Waals surface area contributed by atoms with Gasteiger partial charge in [0.1, 0.15) is 0 Å². The van der Waals surface area contributed by atoms with Crippen LogP contribution in [0, 0.1) is 0 Å². The summed E-state index contributed by atoms with van der Waals surface area (Å²) in [5.74, 6) is 0.476. The number of hydrogen-bond donors (Lipinski definition) is 0. The molecule has 0 N–H and O–H groups in total. The van der Waals surface area contributed by atoms with Gasteiger partial charge < -0.3 is 0 Å². The minimum Gasteiger partial charge on any atom is -0.0622 e. The van der Waals surface area contributed by atoms with E-state index in [0.29, 0.717) is 5.92 Å². The van der Waals surface area contributed by atoms with E-state index >= 15 is 0 Å². The molecule has 0 amide bonds. The molecule has 6 aromatic carbocycles. The highest BCUT2D eigenvalue weighted by Crippen LogP contribution is 2.58. The molecule has 6 aromatic rings. The summed E-state index contributed by atoms with van der Waals surface area (Å²) < 4.78 is 0. The summed E-state index contributed by atoms with van der Waals surface area (Å²) in [5.41, 5.74) is 12.1. The first kappa shape index (κ1) is 20.2. The standard InChI is InChI=1S/C35H26/c1-22(2)25-20-21-30-33-26(25)18-11-19-29(33)34-31(23-12-5-3-6-13-23)27-16-9-10-17-28(27)32(35(30)34)24-14-7-4-8-15-24/h3-22H,1-2H3. The normalized spacial score (nSPS) is 12.0. The molecule has 0 aromatic heterocycles. The predicted octanol–water partition coefficient (Wildman–Crippen LogP) is 10.1. The lowest BCUT2D eigenvalue weighted by molar-refractivity contribution is 0.876. The van der Waals surface area contributed by atoms with Crippen LogP contribution < -0.4 is 0 Å². The molecule has 0 fully saturated rings. The molecular weight excluding hydrogens is 420 g/mol. The van der Waals surface area contributed by atoms with Crippen molar-refractivity contribution in [1.29, 1.82) is 0 Å². The molecule has 0 spiro atoms. The molecule has 0 saturated heterocycles. The summed E-state index contributed by atoms with van der Waals surface area (Å²) in [5, 5.41) is 5.40. The molecule has 0 nitrogen and oxygen atoms in total. The van der Waals surface area contributed by atoms with Gasteiger partial charge in [-0.15, -0.1) is 0 Å². The third-order valence-corrected chi connectivity index (χ3v) is 7.58. The number of rotatable bonds is 3. The van der Waals surface area contributed by atoms with Crippen molar-refractivity contribution in [2.45, 2.75) is 19.8 Å². The van der Waals surface area contributed by atoms with Gasteiger partial charge >= 0.3 is 0 Å². The van der Waals surface area contributed by atoms with E-state index in [4.69, 9.17) is 0 Å². The molecule has 35 heavy (non-hydrogen) atoms. The fourth-order valence-corrected chi connectivity index (χ4v) is 6.14. The Hall–Kier alpha value is -4.16. The van der Waals surface area contributed by atoms with Crippen molar-refractivity contribution >= 4 is 21.5 Å². The van der Waals surface area contributed by atoms with Crippen molar-refractivity contribution < 1.29 is 0 Å². The van der Waals surface area contributed by atoms with Crippen LogP contribution in [-0.2, 0) is 0 Å². The molecule has 0 radical (unpaired) electrons. The van der Waals surface area contributed by atoms with Gasteiger partial charge in [-0.25, -0.2) is 0 Å². The zero-order valence-electron chi connectivity index (χ0n) is 20.0. The molecule has 0 heterocycles. The first-order valence-electron chi connectivity index (χ1n) is 12.5. The zero-order chi connectivity index (χ0) is 23.5. The monoisotopic (exact) mass is 446 g/mol. The van der Waals surface area contributed by atoms with E-state index < -0.39 is 0 Å². The van der Waals surface area contributed by atoms with Gasteiger partial charge in [-0.2, -0.15) is 0 Å². The molecule has 1 aliphatic carbocycles. The fraction of sp³-hybridized carbons (Fsp3) is 0.0857. The lowest BCUT2D eigenvalue weighted by atomic mass is 9.82. The Morgan fingerprint density at radius 1 is 0.400 bits per heavy atom. The average Bonchev–Trinajstić information content (AvgIpc) is 3.23. The van der Waals surface area contributed by atoms with Gasteiger partial charge in [0.2, 0.25) is 0 Å². The molecule has 1 aliphatic rings. The van der Waals surface area contributed by atoms with Gasteiger partial charge in [-0.3, -0.25) is 0 Å². The second-order valence-electron chi connectivity index (χ2n) is 9.86. The van der Waals surface area contributed by atoms with E-state index in [1.54, 1.807) is 0 Å². The Balaban J connectivity index is 1.75. The Bertz CT molecular complexity index is 1650. The summed E-state index contributed by atoms with van der Waals surface area (Å²) >= 11 is 0. The van der Waals surface area contributed by atoms with Crippen LogP contribution >= 0.6 is 0 Å². The van der Waals surface area contributed by atoms with Crippen LogP contribution in [0.15, 0.2) is 115 Å². The quantitative estimate of drug-likeness (QED) is 0.253. The van der Waals surface area contributed by atoms with Crippen molar-refractivity contribution in [3.05, 3.63) is 121 Å². The maximum atomic E-state index is 2.38. The topological polar surface area (TPSA) is 0 Å². The van der Waals surface area contributed by atoms with Crippen molar-refractivity contribution in [2.75, 3.05) is 0 Å². The molecule has 0 atom stereocenters. The largest absolute Gasteiger partial charge is 0.0622 e. The number of hydrogen-bond acceptors (Lipinski definition) is 0. The number of fused-ring (bicyclic) bond motifs is 4. The van der Waals surface area contributed by atoms with E-state index in [-0.39, 0.29) is 0 Å². The summed E-state index contributed by atoms with van der Waals surface area (Å²) in [6.07, 6.45) is 0. The summed E-state index contributed by atoms with van der Waals surface area (Å²) in [7, 11) is 0. The van der Waals surface area contributed by atoms with E-state index in [1.807, 2.05) is 0 Å². The Morgan fingerprint density at radius 3 is 1.43 bits per heavy atom. The minimum absolute atomic E-state index is 0.476. The summed E-state index contributed by atoms with van der Waals surface area (Å²) in [6, 6.07) is 42.4. The van der Waals surface area contributed by atoms with E-state index in [2.05, 4.69) is 129 Å². The third kappa shape index (κ3) is 2.87. The van der Waals surface area contributed by atoms with Crippen LogP contribution in [0.5, 0.6) is 0 Å². The Kier molecular flexibility index (Phi) is 4.44. The second kappa shape index (κ2) is 7.68. The molecule has 0 bridgehead atoms. The zero-order valence-corrected chi connectivity index (χ0v) is 20.0. The molecule has 0 unspecified atom stereocenters. The maximum absolute atomic E-state index is 2.38. The average molecular weight is 447 g/mol. The molecular formula is C35H26. The van der Waals surface area contributed by atoms with Gasteiger partial charge in [-0.1, -0.05) is 129 Å². The van der Waals surface area contributed by atoms with Crippen LogP contribution in [0.1, 0.15) is 25.3 Å². The third-order valence-electron chi connectivity index (χ3n) is 7.58.